The van der Waals surface area contributed by atoms with Gasteiger partial charge in [-0.3, -0.25) is 4.79 Å². The Hall–Kier alpha value is -4.17. The first-order valence-corrected chi connectivity index (χ1v) is 12.1. The largest absolute Gasteiger partial charge is 0.457 e. The van der Waals surface area contributed by atoms with E-state index in [2.05, 4.69) is 19.9 Å². The standard InChI is InChI=1S/C28H30N6O2/c1-33(2)16-6-9-24(35)32-20-12-15-23-25(26-27(29)30-18-31-28(26)34(23)17-20)19-10-13-22(14-11-19)36-21-7-4-3-5-8-21/h3-11,13-14,18,20H,12,15-17H2,1-2H3,(H,32,35)(H2,29,30,31)/b9-6+. The molecule has 8 nitrogen and oxygen atoms in total. The number of carbonyl (C=O) groups is 1. The lowest BCUT2D eigenvalue weighted by Crippen LogP contribution is -2.40. The molecule has 4 aromatic rings. The number of fused-ring (bicyclic) bond motifs is 3. The predicted molar refractivity (Wildman–Crippen MR) is 142 cm³/mol. The summed E-state index contributed by atoms with van der Waals surface area (Å²) in [5.41, 5.74) is 10.4. The molecule has 0 saturated heterocycles. The number of anilines is 1. The van der Waals surface area contributed by atoms with Crippen LogP contribution in [0.4, 0.5) is 5.82 Å². The molecule has 2 aromatic carbocycles. The van der Waals surface area contributed by atoms with Gasteiger partial charge in [0.1, 0.15) is 29.3 Å². The Balaban J connectivity index is 1.43. The van der Waals surface area contributed by atoms with Crippen molar-refractivity contribution in [2.75, 3.05) is 26.4 Å². The van der Waals surface area contributed by atoms with Gasteiger partial charge in [-0.05, 0) is 56.8 Å². The molecule has 1 aliphatic rings. The number of nitrogens with two attached hydrogens (primary N) is 1. The number of rotatable bonds is 7. The first-order valence-electron chi connectivity index (χ1n) is 12.1. The third-order valence-corrected chi connectivity index (χ3v) is 6.32. The van der Waals surface area contributed by atoms with E-state index in [1.807, 2.05) is 79.7 Å². The van der Waals surface area contributed by atoms with Crippen molar-refractivity contribution >= 4 is 22.8 Å². The van der Waals surface area contributed by atoms with E-state index in [0.717, 1.165) is 58.7 Å². The minimum Gasteiger partial charge on any atom is -0.457 e. The van der Waals surface area contributed by atoms with Crippen LogP contribution in [0.1, 0.15) is 12.1 Å². The Morgan fingerprint density at radius 2 is 1.89 bits per heavy atom. The number of benzene rings is 2. The molecule has 0 aliphatic carbocycles. The zero-order valence-corrected chi connectivity index (χ0v) is 20.5. The van der Waals surface area contributed by atoms with E-state index in [9.17, 15) is 4.79 Å². The van der Waals surface area contributed by atoms with Gasteiger partial charge in [-0.25, -0.2) is 9.97 Å². The van der Waals surface area contributed by atoms with E-state index < -0.39 is 0 Å². The lowest BCUT2D eigenvalue weighted by Gasteiger charge is -2.26. The zero-order valence-electron chi connectivity index (χ0n) is 20.5. The fourth-order valence-electron chi connectivity index (χ4n) is 4.68. The van der Waals surface area contributed by atoms with E-state index in [0.29, 0.717) is 12.4 Å². The van der Waals surface area contributed by atoms with Gasteiger partial charge in [0, 0.05) is 36.5 Å². The number of amides is 1. The maximum atomic E-state index is 12.4. The topological polar surface area (TPSA) is 98.3 Å². The van der Waals surface area contributed by atoms with Gasteiger partial charge < -0.3 is 25.3 Å². The Kier molecular flexibility index (Phi) is 6.69. The normalized spacial score (nSPS) is 15.4. The highest BCUT2D eigenvalue weighted by atomic mass is 16.5. The SMILES string of the molecule is CN(C)C/C=C/C(=O)NC1CCc2c(-c3ccc(Oc4ccccc4)cc3)c3c(N)ncnc3n2C1. The van der Waals surface area contributed by atoms with Crippen LogP contribution in [0.25, 0.3) is 22.2 Å². The van der Waals surface area contributed by atoms with Crippen molar-refractivity contribution in [3.63, 3.8) is 0 Å². The molecule has 1 aliphatic heterocycles. The summed E-state index contributed by atoms with van der Waals surface area (Å²) in [4.78, 5) is 23.3. The van der Waals surface area contributed by atoms with Crippen LogP contribution in [-0.2, 0) is 17.8 Å². The van der Waals surface area contributed by atoms with Crippen LogP contribution in [0.15, 0.2) is 73.1 Å². The van der Waals surface area contributed by atoms with Gasteiger partial charge in [0.2, 0.25) is 5.91 Å². The zero-order chi connectivity index (χ0) is 25.1. The van der Waals surface area contributed by atoms with Crippen LogP contribution < -0.4 is 15.8 Å². The van der Waals surface area contributed by atoms with E-state index in [4.69, 9.17) is 10.5 Å². The minimum atomic E-state index is -0.0786. The number of nitrogen functional groups attached to an aromatic ring is 1. The molecule has 1 atom stereocenters. The summed E-state index contributed by atoms with van der Waals surface area (Å²) in [6.45, 7) is 1.35. The summed E-state index contributed by atoms with van der Waals surface area (Å²) in [5, 5.41) is 3.99. The van der Waals surface area contributed by atoms with Gasteiger partial charge in [0.05, 0.1) is 5.39 Å². The summed E-state index contributed by atoms with van der Waals surface area (Å²) in [6.07, 6.45) is 6.59. The van der Waals surface area contributed by atoms with Crippen molar-refractivity contribution in [2.24, 2.45) is 0 Å². The molecule has 0 saturated carbocycles. The molecule has 184 valence electrons. The van der Waals surface area contributed by atoms with E-state index in [1.165, 1.54) is 6.33 Å². The number of carbonyl (C=O) groups excluding carboxylic acids is 1. The van der Waals surface area contributed by atoms with Crippen LogP contribution in [0.5, 0.6) is 11.5 Å². The van der Waals surface area contributed by atoms with Crippen LogP contribution in [0, 0.1) is 0 Å². The van der Waals surface area contributed by atoms with Crippen molar-refractivity contribution in [3.8, 4) is 22.6 Å². The highest BCUT2D eigenvalue weighted by molar-refractivity contribution is 6.02. The average Bonchev–Trinajstić information content (AvgIpc) is 3.20. The monoisotopic (exact) mass is 482 g/mol. The van der Waals surface area contributed by atoms with E-state index >= 15 is 0 Å². The Labute approximate surface area is 210 Å². The fraction of sp³-hybridized carbons (Fsp3) is 0.250. The number of aromatic nitrogens is 3. The molecule has 3 N–H and O–H groups in total. The van der Waals surface area contributed by atoms with Crippen molar-refractivity contribution in [3.05, 3.63) is 78.8 Å². The average molecular weight is 483 g/mol. The van der Waals surface area contributed by atoms with Crippen LogP contribution in [-0.4, -0.2) is 52.0 Å². The summed E-state index contributed by atoms with van der Waals surface area (Å²) >= 11 is 0. The van der Waals surface area contributed by atoms with E-state index in [1.54, 1.807) is 6.08 Å². The van der Waals surface area contributed by atoms with Gasteiger partial charge in [0.25, 0.3) is 0 Å². The molecule has 2 aromatic heterocycles. The van der Waals surface area contributed by atoms with Crippen LogP contribution in [0.2, 0.25) is 0 Å². The van der Waals surface area contributed by atoms with Crippen molar-refractivity contribution in [1.82, 2.24) is 24.8 Å². The van der Waals surface area contributed by atoms with Gasteiger partial charge in [-0.15, -0.1) is 0 Å². The van der Waals surface area contributed by atoms with Gasteiger partial charge in [-0.2, -0.15) is 0 Å². The van der Waals surface area contributed by atoms with Crippen molar-refractivity contribution < 1.29 is 9.53 Å². The Morgan fingerprint density at radius 3 is 2.64 bits per heavy atom. The number of para-hydroxylation sites is 1. The molecule has 0 bridgehead atoms. The second kappa shape index (κ2) is 10.2. The second-order valence-electron chi connectivity index (χ2n) is 9.24. The summed E-state index contributed by atoms with van der Waals surface area (Å²) < 4.78 is 8.14. The van der Waals surface area contributed by atoms with Gasteiger partial charge in [-0.1, -0.05) is 36.4 Å². The first-order chi connectivity index (χ1) is 17.5. The minimum absolute atomic E-state index is 0.00953. The molecule has 0 radical (unpaired) electrons. The second-order valence-corrected chi connectivity index (χ2v) is 9.24. The summed E-state index contributed by atoms with van der Waals surface area (Å²) in [7, 11) is 3.94. The van der Waals surface area contributed by atoms with Crippen LogP contribution in [0.3, 0.4) is 0 Å². The molecule has 0 fully saturated rings. The van der Waals surface area contributed by atoms with Gasteiger partial charge >= 0.3 is 0 Å². The third-order valence-electron chi connectivity index (χ3n) is 6.32. The molecule has 3 heterocycles. The van der Waals surface area contributed by atoms with Crippen molar-refractivity contribution in [2.45, 2.75) is 25.4 Å². The van der Waals surface area contributed by atoms with Gasteiger partial charge in [0.15, 0.2) is 0 Å². The Morgan fingerprint density at radius 1 is 1.14 bits per heavy atom. The maximum absolute atomic E-state index is 12.4. The molecule has 36 heavy (non-hydrogen) atoms. The highest BCUT2D eigenvalue weighted by Crippen LogP contribution is 2.40. The number of nitrogens with one attached hydrogen (secondary N) is 1. The molecule has 1 amide bonds. The predicted octanol–water partition coefficient (Wildman–Crippen LogP) is 4.02. The Bertz CT molecular complexity index is 1390. The molecule has 5 rings (SSSR count). The lowest BCUT2D eigenvalue weighted by atomic mass is 9.97. The molecule has 1 unspecified atom stereocenters. The third kappa shape index (κ3) is 4.94. The molecular formula is C28H30N6O2. The quantitative estimate of drug-likeness (QED) is 0.386. The number of likely N-dealkylation sites (N-methyl/N-ethyl adjacent to an activating group) is 1. The number of nitrogens with zero attached hydrogens (tertiary/aromatic N) is 4. The molecule has 8 heteroatoms. The summed E-state index contributed by atoms with van der Waals surface area (Å²) in [6, 6.07) is 17.7. The number of ether oxygens (including phenoxy) is 1. The number of hydrogen-bond donors (Lipinski definition) is 2. The summed E-state index contributed by atoms with van der Waals surface area (Å²) in [5.74, 6) is 1.93. The van der Waals surface area contributed by atoms with E-state index in [-0.39, 0.29) is 11.9 Å². The number of hydrogen-bond acceptors (Lipinski definition) is 6. The van der Waals surface area contributed by atoms with Crippen LogP contribution >= 0.6 is 0 Å². The molecular weight excluding hydrogens is 452 g/mol. The lowest BCUT2D eigenvalue weighted by molar-refractivity contribution is -0.117. The highest BCUT2D eigenvalue weighted by Gasteiger charge is 2.28. The maximum Gasteiger partial charge on any atom is 0.243 e. The molecule has 0 spiro atoms. The van der Waals surface area contributed by atoms with Crippen molar-refractivity contribution in [1.29, 1.82) is 0 Å². The first kappa shape index (κ1) is 23.6. The fourth-order valence-corrected chi connectivity index (χ4v) is 4.68. The smallest absolute Gasteiger partial charge is 0.243 e.